The van der Waals surface area contributed by atoms with E-state index in [9.17, 15) is 9.59 Å². The third kappa shape index (κ3) is 7.00. The van der Waals surface area contributed by atoms with Crippen molar-refractivity contribution in [3.63, 3.8) is 0 Å². The van der Waals surface area contributed by atoms with E-state index in [1.54, 1.807) is 73.0 Å². The molecule has 1 aliphatic rings. The van der Waals surface area contributed by atoms with Crippen molar-refractivity contribution in [3.8, 4) is 11.5 Å². The molecule has 2 heterocycles. The molecule has 0 bridgehead atoms. The van der Waals surface area contributed by atoms with Crippen molar-refractivity contribution >= 4 is 81.0 Å². The monoisotopic (exact) mass is 596 g/mol. The maximum absolute atomic E-state index is 12.8. The number of rotatable bonds is 8. The van der Waals surface area contributed by atoms with E-state index in [1.165, 1.54) is 23.8 Å². The first-order valence-corrected chi connectivity index (χ1v) is 13.1. The first-order valence-electron chi connectivity index (χ1n) is 10.7. The van der Waals surface area contributed by atoms with Crippen molar-refractivity contribution in [2.75, 3.05) is 7.11 Å². The molecule has 192 valence electrons. The second-order valence-corrected chi connectivity index (χ2v) is 11.7. The Hall–Kier alpha value is -2.69. The fourth-order valence-electron chi connectivity index (χ4n) is 3.25. The first-order chi connectivity index (χ1) is 17.6. The Morgan fingerprint density at radius 3 is 2.41 bits per heavy atom. The van der Waals surface area contributed by atoms with Crippen molar-refractivity contribution in [2.45, 2.75) is 16.6 Å². The number of alkyl halides is 3. The molecule has 3 aromatic rings. The summed E-state index contributed by atoms with van der Waals surface area (Å²) in [6, 6.07) is 16.7. The molecule has 0 spiro atoms. The van der Waals surface area contributed by atoms with Gasteiger partial charge in [0, 0.05) is 5.56 Å². The van der Waals surface area contributed by atoms with Crippen molar-refractivity contribution in [3.05, 3.63) is 88.7 Å². The molecule has 1 N–H and O–H groups in total. The molecule has 0 radical (unpaired) electrons. The predicted molar refractivity (Wildman–Crippen MR) is 149 cm³/mol. The third-order valence-corrected chi connectivity index (χ3v) is 7.08. The molecule has 4 rings (SSSR count). The summed E-state index contributed by atoms with van der Waals surface area (Å²) in [4.78, 5) is 27.4. The molecule has 0 unspecified atom stereocenters. The highest BCUT2D eigenvalue weighted by molar-refractivity contribution is 8.26. The molecule has 0 saturated carbocycles. The molecule has 1 aromatic heterocycles. The lowest BCUT2D eigenvalue weighted by molar-refractivity contribution is -0.122. The summed E-state index contributed by atoms with van der Waals surface area (Å²) in [5, 5.41) is 2.58. The van der Waals surface area contributed by atoms with Gasteiger partial charge >= 0.3 is 0 Å². The van der Waals surface area contributed by atoms with Crippen LogP contribution < -0.4 is 14.8 Å². The number of nitrogens with one attached hydrogen (secondary N) is 1. The van der Waals surface area contributed by atoms with Crippen LogP contribution >= 0.6 is 58.8 Å². The van der Waals surface area contributed by atoms with Gasteiger partial charge in [0.1, 0.15) is 21.6 Å². The fourth-order valence-corrected chi connectivity index (χ4v) is 4.80. The van der Waals surface area contributed by atoms with E-state index in [1.807, 2.05) is 0 Å². The number of carbonyl (C=O) groups is 2. The van der Waals surface area contributed by atoms with Crippen LogP contribution in [-0.4, -0.2) is 38.2 Å². The summed E-state index contributed by atoms with van der Waals surface area (Å²) in [6.07, 6.45) is 1.99. The van der Waals surface area contributed by atoms with E-state index in [0.717, 1.165) is 5.56 Å². The third-order valence-electron chi connectivity index (χ3n) is 5.11. The van der Waals surface area contributed by atoms with Crippen LogP contribution in [0.3, 0.4) is 0 Å². The minimum atomic E-state index is -1.96. The molecule has 7 nitrogen and oxygen atoms in total. The van der Waals surface area contributed by atoms with Gasteiger partial charge in [0.05, 0.1) is 24.8 Å². The zero-order valence-electron chi connectivity index (χ0n) is 19.2. The molecule has 1 fully saturated rings. The van der Waals surface area contributed by atoms with Gasteiger partial charge in [0.15, 0.2) is 0 Å². The Kier molecular flexibility index (Phi) is 8.71. The van der Waals surface area contributed by atoms with Gasteiger partial charge < -0.3 is 19.2 Å². The quantitative estimate of drug-likeness (QED) is 0.143. The molecule has 1 saturated heterocycles. The van der Waals surface area contributed by atoms with E-state index < -0.39 is 15.9 Å². The van der Waals surface area contributed by atoms with Crippen LogP contribution in [-0.2, 0) is 11.3 Å². The van der Waals surface area contributed by atoms with Crippen LogP contribution in [0.25, 0.3) is 6.08 Å². The molecule has 37 heavy (non-hydrogen) atoms. The van der Waals surface area contributed by atoms with Crippen LogP contribution in [0.4, 0.5) is 0 Å². The van der Waals surface area contributed by atoms with E-state index in [-0.39, 0.29) is 12.5 Å². The molecule has 1 atom stereocenters. The lowest BCUT2D eigenvalue weighted by atomic mass is 10.2. The Balaban J connectivity index is 1.43. The maximum atomic E-state index is 12.8. The standard InChI is InChI=1S/C25H19Cl3N2O5S2/c1-33-17-10-6-16(7-11-17)21(31)29-23(25(26,27)28)35-18-8-4-15(5-9-18)13-20-22(32)30(24(36)37-20)14-19-3-2-12-34-19/h2-13,23H,14H2,1H3,(H,29,31)/b20-13-/t23-/m0/s1. The van der Waals surface area contributed by atoms with Crippen molar-refractivity contribution < 1.29 is 23.5 Å². The second kappa shape index (κ2) is 11.8. The number of furan rings is 1. The van der Waals surface area contributed by atoms with Gasteiger partial charge in [-0.15, -0.1) is 0 Å². The van der Waals surface area contributed by atoms with Crippen molar-refractivity contribution in [1.29, 1.82) is 0 Å². The zero-order valence-corrected chi connectivity index (χ0v) is 23.1. The number of thiocarbonyl (C=S) groups is 1. The van der Waals surface area contributed by atoms with Crippen molar-refractivity contribution in [1.82, 2.24) is 10.2 Å². The molecule has 2 aromatic carbocycles. The summed E-state index contributed by atoms with van der Waals surface area (Å²) in [5.74, 6) is 0.887. The highest BCUT2D eigenvalue weighted by atomic mass is 35.6. The number of nitrogens with zero attached hydrogens (tertiary/aromatic N) is 1. The summed E-state index contributed by atoms with van der Waals surface area (Å²) >= 11 is 24.8. The first kappa shape index (κ1) is 27.3. The van der Waals surface area contributed by atoms with Gasteiger partial charge in [0.25, 0.3) is 11.8 Å². The largest absolute Gasteiger partial charge is 0.497 e. The number of ether oxygens (including phenoxy) is 2. The number of benzene rings is 2. The number of amides is 2. The predicted octanol–water partition coefficient (Wildman–Crippen LogP) is 6.19. The summed E-state index contributed by atoms with van der Waals surface area (Å²) in [6.45, 7) is 0.266. The molecule has 2 amide bonds. The van der Waals surface area contributed by atoms with Gasteiger partial charge in [-0.1, -0.05) is 70.9 Å². The molecular weight excluding hydrogens is 579 g/mol. The van der Waals surface area contributed by atoms with Crippen LogP contribution in [0.1, 0.15) is 21.7 Å². The van der Waals surface area contributed by atoms with Crippen LogP contribution in [0.2, 0.25) is 0 Å². The zero-order chi connectivity index (χ0) is 26.6. The summed E-state index contributed by atoms with van der Waals surface area (Å²) in [7, 11) is 1.53. The van der Waals surface area contributed by atoms with Crippen LogP contribution in [0, 0.1) is 0 Å². The number of thioether (sulfide) groups is 1. The lowest BCUT2D eigenvalue weighted by Crippen LogP contribution is -2.47. The van der Waals surface area contributed by atoms with Crippen LogP contribution in [0.15, 0.2) is 76.2 Å². The molecule has 12 heteroatoms. The van der Waals surface area contributed by atoms with E-state index in [0.29, 0.717) is 32.0 Å². The Bertz CT molecular complexity index is 1310. The number of carbonyl (C=O) groups excluding carboxylic acids is 2. The minimum Gasteiger partial charge on any atom is -0.497 e. The molecule has 0 aliphatic carbocycles. The van der Waals surface area contributed by atoms with Gasteiger partial charge in [-0.05, 0) is 60.2 Å². The average Bonchev–Trinajstić information content (AvgIpc) is 3.48. The second-order valence-electron chi connectivity index (χ2n) is 7.66. The van der Waals surface area contributed by atoms with E-state index in [4.69, 9.17) is 60.9 Å². The average molecular weight is 598 g/mol. The van der Waals surface area contributed by atoms with Gasteiger partial charge in [0.2, 0.25) is 10.0 Å². The van der Waals surface area contributed by atoms with Gasteiger partial charge in [-0.2, -0.15) is 0 Å². The molecule has 1 aliphatic heterocycles. The van der Waals surface area contributed by atoms with Gasteiger partial charge in [-0.3, -0.25) is 14.5 Å². The van der Waals surface area contributed by atoms with E-state index in [2.05, 4.69) is 5.32 Å². The Morgan fingerprint density at radius 1 is 1.14 bits per heavy atom. The normalized spacial score (nSPS) is 15.7. The summed E-state index contributed by atoms with van der Waals surface area (Å²) < 4.78 is 14.7. The Labute approximate surface area is 237 Å². The number of halogens is 3. The number of hydrogen-bond acceptors (Lipinski definition) is 7. The molecular formula is C25H19Cl3N2O5S2. The minimum absolute atomic E-state index is 0.204. The number of methoxy groups -OCH3 is 1. The fraction of sp³-hybridized carbons (Fsp3) is 0.160. The topological polar surface area (TPSA) is 81.0 Å². The maximum Gasteiger partial charge on any atom is 0.266 e. The number of hydrogen-bond donors (Lipinski definition) is 1. The van der Waals surface area contributed by atoms with E-state index >= 15 is 0 Å². The smallest absolute Gasteiger partial charge is 0.266 e. The highest BCUT2D eigenvalue weighted by Crippen LogP contribution is 2.35. The van der Waals surface area contributed by atoms with Crippen LogP contribution in [0.5, 0.6) is 11.5 Å². The summed E-state index contributed by atoms with van der Waals surface area (Å²) in [5.41, 5.74) is 1.07. The lowest BCUT2D eigenvalue weighted by Gasteiger charge is -2.26. The Morgan fingerprint density at radius 2 is 1.81 bits per heavy atom. The van der Waals surface area contributed by atoms with Gasteiger partial charge in [-0.25, -0.2) is 0 Å². The SMILES string of the molecule is COc1ccc(C(=O)N[C@@H](Oc2ccc(/C=C3\SC(=S)N(Cc4ccco4)C3=O)cc2)C(Cl)(Cl)Cl)cc1. The highest BCUT2D eigenvalue weighted by Gasteiger charge is 2.36. The van der Waals surface area contributed by atoms with Crippen molar-refractivity contribution in [2.24, 2.45) is 0 Å².